The van der Waals surface area contributed by atoms with Crippen molar-refractivity contribution in [2.24, 2.45) is 16.2 Å². The second kappa shape index (κ2) is 3.76. The summed E-state index contributed by atoms with van der Waals surface area (Å²) in [5, 5.41) is 33.0. The van der Waals surface area contributed by atoms with Crippen molar-refractivity contribution in [3.05, 3.63) is 0 Å². The Morgan fingerprint density at radius 2 is 1.75 bits per heavy atom. The SMILES string of the molecule is CC(C)(C)[C@@]1(O)C[C@H]2OC(=O)C[C@@]23C(=O)O[C@@]2(O)OC(=O)[C@@H](O)[C@@]231. The van der Waals surface area contributed by atoms with E-state index < -0.39 is 64.4 Å². The molecule has 0 amide bonds. The highest BCUT2D eigenvalue weighted by Crippen LogP contribution is 2.77. The van der Waals surface area contributed by atoms with E-state index in [2.05, 4.69) is 0 Å². The van der Waals surface area contributed by atoms with Gasteiger partial charge in [0, 0.05) is 6.42 Å². The molecule has 9 nitrogen and oxygen atoms in total. The van der Waals surface area contributed by atoms with Crippen LogP contribution >= 0.6 is 0 Å². The molecule has 3 N–H and O–H groups in total. The maximum absolute atomic E-state index is 12.7. The lowest BCUT2D eigenvalue weighted by molar-refractivity contribution is -0.374. The normalized spacial score (nSPS) is 52.5. The van der Waals surface area contributed by atoms with Crippen LogP contribution in [0.1, 0.15) is 33.6 Å². The molecule has 2 spiro atoms. The molecular formula is C15H18O9. The number of carbonyl (C=O) groups is 3. The van der Waals surface area contributed by atoms with Crippen LogP contribution in [0.5, 0.6) is 0 Å². The maximum Gasteiger partial charge on any atom is 0.386 e. The summed E-state index contributed by atoms with van der Waals surface area (Å²) >= 11 is 0. The van der Waals surface area contributed by atoms with Gasteiger partial charge in [0.2, 0.25) is 0 Å². The Morgan fingerprint density at radius 3 is 2.33 bits per heavy atom. The van der Waals surface area contributed by atoms with Crippen molar-refractivity contribution in [2.45, 2.75) is 57.4 Å². The molecule has 0 aromatic rings. The molecule has 3 saturated heterocycles. The highest BCUT2D eigenvalue weighted by Gasteiger charge is 2.98. The lowest BCUT2D eigenvalue weighted by atomic mass is 9.52. The van der Waals surface area contributed by atoms with E-state index >= 15 is 0 Å². The van der Waals surface area contributed by atoms with E-state index in [0.29, 0.717) is 0 Å². The summed E-state index contributed by atoms with van der Waals surface area (Å²) in [6, 6.07) is 0. The zero-order valence-electron chi connectivity index (χ0n) is 13.4. The van der Waals surface area contributed by atoms with E-state index in [1.807, 2.05) is 0 Å². The molecule has 24 heavy (non-hydrogen) atoms. The Bertz CT molecular complexity index is 696. The van der Waals surface area contributed by atoms with E-state index in [9.17, 15) is 29.7 Å². The number of carbonyl (C=O) groups excluding carboxylic acids is 3. The van der Waals surface area contributed by atoms with Gasteiger partial charge in [-0.1, -0.05) is 20.8 Å². The molecule has 0 bridgehead atoms. The van der Waals surface area contributed by atoms with Crippen LogP contribution in [0.2, 0.25) is 0 Å². The molecule has 4 fully saturated rings. The van der Waals surface area contributed by atoms with E-state index in [0.717, 1.165) is 0 Å². The third-order valence-corrected chi connectivity index (χ3v) is 6.29. The highest BCUT2D eigenvalue weighted by molar-refractivity contribution is 5.95. The molecular weight excluding hydrogens is 324 g/mol. The van der Waals surface area contributed by atoms with Crippen molar-refractivity contribution in [3.8, 4) is 0 Å². The average molecular weight is 342 g/mol. The third-order valence-electron chi connectivity index (χ3n) is 6.29. The molecule has 3 aliphatic heterocycles. The van der Waals surface area contributed by atoms with Crippen LogP contribution in [-0.4, -0.2) is 57.0 Å². The molecule has 3 heterocycles. The van der Waals surface area contributed by atoms with E-state index in [4.69, 9.17) is 14.2 Å². The second-order valence-electron chi connectivity index (χ2n) is 8.04. The quantitative estimate of drug-likeness (QED) is 0.452. The van der Waals surface area contributed by atoms with Gasteiger partial charge in [-0.25, -0.2) is 4.79 Å². The van der Waals surface area contributed by atoms with E-state index in [1.165, 1.54) is 0 Å². The number of hydrogen-bond acceptors (Lipinski definition) is 9. The Morgan fingerprint density at radius 1 is 1.12 bits per heavy atom. The van der Waals surface area contributed by atoms with Gasteiger partial charge in [0.05, 0.1) is 12.0 Å². The van der Waals surface area contributed by atoms with Gasteiger partial charge in [-0.15, -0.1) is 0 Å². The number of aliphatic hydroxyl groups is 3. The van der Waals surface area contributed by atoms with Crippen LogP contribution in [0.15, 0.2) is 0 Å². The van der Waals surface area contributed by atoms with Gasteiger partial charge in [-0.3, -0.25) is 9.59 Å². The fraction of sp³-hybridized carbons (Fsp3) is 0.800. The van der Waals surface area contributed by atoms with Gasteiger partial charge < -0.3 is 29.5 Å². The minimum atomic E-state index is -2.87. The Balaban J connectivity index is 2.10. The van der Waals surface area contributed by atoms with Gasteiger partial charge in [0.15, 0.2) is 11.5 Å². The summed E-state index contributed by atoms with van der Waals surface area (Å²) < 4.78 is 14.9. The minimum absolute atomic E-state index is 0.243. The van der Waals surface area contributed by atoms with Gasteiger partial charge in [0.25, 0.3) is 0 Å². The van der Waals surface area contributed by atoms with Crippen molar-refractivity contribution in [1.82, 2.24) is 0 Å². The summed E-state index contributed by atoms with van der Waals surface area (Å²) in [6.45, 7) is 4.87. The zero-order chi connectivity index (χ0) is 17.9. The molecule has 9 heteroatoms. The summed E-state index contributed by atoms with van der Waals surface area (Å²) in [7, 11) is 0. The molecule has 4 aliphatic rings. The summed E-state index contributed by atoms with van der Waals surface area (Å²) in [4.78, 5) is 36.6. The second-order valence-corrected chi connectivity index (χ2v) is 8.04. The first-order valence-electron chi connectivity index (χ1n) is 7.66. The summed E-state index contributed by atoms with van der Waals surface area (Å²) in [5.74, 6) is -5.87. The van der Waals surface area contributed by atoms with Crippen molar-refractivity contribution in [2.75, 3.05) is 0 Å². The fourth-order valence-corrected chi connectivity index (χ4v) is 5.27. The van der Waals surface area contributed by atoms with Gasteiger partial charge >= 0.3 is 23.9 Å². The standard InChI is InChI=1S/C15H18O9/c1-11(2,3)13(20)4-6-12(5-7(16)22-6)10(19)24-15(21)14(12,13)8(17)9(18)23-15/h6,8,17,20-21H,4-5H2,1-3H3/t6-,8-,12+,13+,14-,15+/m1/s1. The van der Waals surface area contributed by atoms with Crippen molar-refractivity contribution < 1.29 is 43.9 Å². The van der Waals surface area contributed by atoms with E-state index in [1.54, 1.807) is 20.8 Å². The first-order chi connectivity index (χ1) is 10.9. The molecule has 6 atom stereocenters. The molecule has 4 rings (SSSR count). The van der Waals surface area contributed by atoms with Crippen molar-refractivity contribution in [1.29, 1.82) is 0 Å². The fourth-order valence-electron chi connectivity index (χ4n) is 5.27. The first kappa shape index (κ1) is 15.8. The third kappa shape index (κ3) is 1.17. The zero-order valence-corrected chi connectivity index (χ0v) is 13.4. The van der Waals surface area contributed by atoms with Crippen molar-refractivity contribution in [3.63, 3.8) is 0 Å². The number of aliphatic hydroxyl groups excluding tert-OH is 1. The number of esters is 3. The average Bonchev–Trinajstić information content (AvgIpc) is 2.96. The molecule has 1 aliphatic carbocycles. The maximum atomic E-state index is 12.7. The minimum Gasteiger partial charge on any atom is -0.461 e. The highest BCUT2D eigenvalue weighted by atomic mass is 16.9. The van der Waals surface area contributed by atoms with E-state index in [-0.39, 0.29) is 6.42 Å². The van der Waals surface area contributed by atoms with Gasteiger partial charge in [-0.2, -0.15) is 0 Å². The monoisotopic (exact) mass is 342 g/mol. The van der Waals surface area contributed by atoms with Gasteiger partial charge in [-0.05, 0) is 5.41 Å². The molecule has 1 saturated carbocycles. The van der Waals surface area contributed by atoms with Crippen LogP contribution in [0, 0.1) is 16.2 Å². The van der Waals surface area contributed by atoms with Crippen LogP contribution < -0.4 is 0 Å². The van der Waals surface area contributed by atoms with Crippen molar-refractivity contribution >= 4 is 17.9 Å². The predicted molar refractivity (Wildman–Crippen MR) is 71.5 cm³/mol. The predicted octanol–water partition coefficient (Wildman–Crippen LogP) is -1.42. The van der Waals surface area contributed by atoms with Crippen LogP contribution in [-0.2, 0) is 28.6 Å². The number of ether oxygens (including phenoxy) is 3. The number of rotatable bonds is 0. The topological polar surface area (TPSA) is 140 Å². The summed E-state index contributed by atoms with van der Waals surface area (Å²) in [5.41, 5.74) is -7.17. The Hall–Kier alpha value is -1.71. The molecule has 0 aromatic heterocycles. The van der Waals surface area contributed by atoms with Crippen LogP contribution in [0.4, 0.5) is 0 Å². The summed E-state index contributed by atoms with van der Waals surface area (Å²) in [6.07, 6.45) is -3.96. The largest absolute Gasteiger partial charge is 0.461 e. The Labute approximate surface area is 136 Å². The van der Waals surface area contributed by atoms with Gasteiger partial charge in [0.1, 0.15) is 11.5 Å². The number of hydrogen-bond donors (Lipinski definition) is 3. The lowest BCUT2D eigenvalue weighted by Gasteiger charge is -2.51. The smallest absolute Gasteiger partial charge is 0.386 e. The molecule has 132 valence electrons. The lowest BCUT2D eigenvalue weighted by Crippen LogP contribution is -2.68. The first-order valence-corrected chi connectivity index (χ1v) is 7.66. The Kier molecular flexibility index (Phi) is 2.47. The van der Waals surface area contributed by atoms with Crippen LogP contribution in [0.25, 0.3) is 0 Å². The molecule has 0 unspecified atom stereocenters. The molecule has 0 radical (unpaired) electrons. The molecule has 0 aromatic carbocycles. The van der Waals surface area contributed by atoms with Crippen LogP contribution in [0.3, 0.4) is 0 Å².